The normalized spacial score (nSPS) is 24.2. The third kappa shape index (κ3) is 4.40. The molecule has 0 amide bonds. The molecular weight excluding hydrogens is 178 g/mol. The van der Waals surface area contributed by atoms with Crippen LogP contribution < -0.4 is 5.73 Å². The van der Waals surface area contributed by atoms with E-state index in [2.05, 4.69) is 0 Å². The Bertz CT molecular complexity index is 151. The average Bonchev–Trinajstić information content (AvgIpc) is 2.30. The van der Waals surface area contributed by atoms with E-state index in [0.29, 0.717) is 13.2 Å². The molecule has 1 saturated carbocycles. The molecule has 3 N–H and O–H groups in total. The van der Waals surface area contributed by atoms with E-state index in [0.717, 1.165) is 12.8 Å². The van der Waals surface area contributed by atoms with Crippen molar-refractivity contribution < 1.29 is 9.84 Å². The van der Waals surface area contributed by atoms with Gasteiger partial charge >= 0.3 is 0 Å². The van der Waals surface area contributed by atoms with Crippen molar-refractivity contribution in [3.05, 3.63) is 0 Å². The van der Waals surface area contributed by atoms with Crippen molar-refractivity contribution in [2.24, 2.45) is 5.73 Å². The zero-order valence-corrected chi connectivity index (χ0v) is 9.17. The summed E-state index contributed by atoms with van der Waals surface area (Å²) in [5, 5.41) is 9.06. The van der Waals surface area contributed by atoms with Gasteiger partial charge in [-0.2, -0.15) is 0 Å². The molecule has 3 nitrogen and oxygen atoms in total. The molecule has 0 aliphatic heterocycles. The number of hydrogen-bond donors (Lipinski definition) is 2. The lowest BCUT2D eigenvalue weighted by molar-refractivity contribution is 0.0188. The van der Waals surface area contributed by atoms with Crippen LogP contribution in [0.4, 0.5) is 0 Å². The third-order valence-electron chi connectivity index (χ3n) is 2.85. The first-order valence-electron chi connectivity index (χ1n) is 5.67. The van der Waals surface area contributed by atoms with Crippen LogP contribution in [0.1, 0.15) is 45.4 Å². The molecule has 1 aliphatic carbocycles. The van der Waals surface area contributed by atoms with Crippen LogP contribution in [-0.4, -0.2) is 30.0 Å². The van der Waals surface area contributed by atoms with Crippen LogP contribution in [0.5, 0.6) is 0 Å². The van der Waals surface area contributed by atoms with Gasteiger partial charge in [-0.3, -0.25) is 0 Å². The van der Waals surface area contributed by atoms with Gasteiger partial charge in [-0.25, -0.2) is 0 Å². The van der Waals surface area contributed by atoms with E-state index in [1.807, 2.05) is 0 Å². The molecule has 1 fully saturated rings. The van der Waals surface area contributed by atoms with Gasteiger partial charge in [-0.1, -0.05) is 25.7 Å². The lowest BCUT2D eigenvalue weighted by Crippen LogP contribution is -2.44. The Kier molecular flexibility index (Phi) is 4.85. The molecule has 0 aromatic heterocycles. The van der Waals surface area contributed by atoms with Crippen molar-refractivity contribution in [3.63, 3.8) is 0 Å². The van der Waals surface area contributed by atoms with Gasteiger partial charge in [-0.05, 0) is 19.8 Å². The molecule has 1 atom stereocenters. The van der Waals surface area contributed by atoms with E-state index in [1.165, 1.54) is 25.7 Å². The van der Waals surface area contributed by atoms with Crippen molar-refractivity contribution in [1.29, 1.82) is 0 Å². The molecule has 0 bridgehead atoms. The second-order valence-electron chi connectivity index (χ2n) is 4.64. The van der Waals surface area contributed by atoms with Gasteiger partial charge < -0.3 is 15.6 Å². The Labute approximate surface area is 86.6 Å². The largest absolute Gasteiger partial charge is 0.391 e. The van der Waals surface area contributed by atoms with E-state index in [9.17, 15) is 0 Å². The second kappa shape index (κ2) is 5.69. The highest BCUT2D eigenvalue weighted by atomic mass is 16.5. The number of nitrogens with two attached hydrogens (primary N) is 1. The fourth-order valence-corrected chi connectivity index (χ4v) is 2.01. The van der Waals surface area contributed by atoms with Crippen molar-refractivity contribution in [3.8, 4) is 0 Å². The molecule has 0 aromatic rings. The topological polar surface area (TPSA) is 55.5 Å². The smallest absolute Gasteiger partial charge is 0.0745 e. The van der Waals surface area contributed by atoms with Gasteiger partial charge in [0.05, 0.1) is 19.3 Å². The minimum atomic E-state index is -0.385. The van der Waals surface area contributed by atoms with Crippen LogP contribution in [0.25, 0.3) is 0 Å². The Morgan fingerprint density at radius 1 is 1.29 bits per heavy atom. The predicted octanol–water partition coefficient (Wildman–Crippen LogP) is 1.44. The molecule has 0 saturated heterocycles. The zero-order valence-electron chi connectivity index (χ0n) is 9.17. The van der Waals surface area contributed by atoms with Crippen LogP contribution in [0.3, 0.4) is 0 Å². The molecule has 0 radical (unpaired) electrons. The summed E-state index contributed by atoms with van der Waals surface area (Å²) in [7, 11) is 0. The molecule has 3 heteroatoms. The SMILES string of the molecule is CC(O)COCC1(N)CCCCCC1. The average molecular weight is 201 g/mol. The highest BCUT2D eigenvalue weighted by Crippen LogP contribution is 2.25. The van der Waals surface area contributed by atoms with Gasteiger partial charge in [0.1, 0.15) is 0 Å². The van der Waals surface area contributed by atoms with Gasteiger partial charge in [0.25, 0.3) is 0 Å². The fourth-order valence-electron chi connectivity index (χ4n) is 2.01. The minimum Gasteiger partial charge on any atom is -0.391 e. The maximum atomic E-state index is 9.06. The van der Waals surface area contributed by atoms with Gasteiger partial charge in [0.2, 0.25) is 0 Å². The summed E-state index contributed by atoms with van der Waals surface area (Å²) in [5.41, 5.74) is 6.11. The second-order valence-corrected chi connectivity index (χ2v) is 4.64. The maximum absolute atomic E-state index is 9.06. The molecule has 1 aliphatic rings. The van der Waals surface area contributed by atoms with Crippen LogP contribution in [0.15, 0.2) is 0 Å². The van der Waals surface area contributed by atoms with Crippen LogP contribution in [-0.2, 0) is 4.74 Å². The quantitative estimate of drug-likeness (QED) is 0.677. The highest BCUT2D eigenvalue weighted by Gasteiger charge is 2.26. The Balaban J connectivity index is 2.24. The van der Waals surface area contributed by atoms with Gasteiger partial charge in [0, 0.05) is 5.54 Å². The summed E-state index contributed by atoms with van der Waals surface area (Å²) in [6.45, 7) is 2.73. The first-order chi connectivity index (χ1) is 6.62. The van der Waals surface area contributed by atoms with Crippen molar-refractivity contribution in [2.45, 2.75) is 57.1 Å². The van der Waals surface area contributed by atoms with E-state index < -0.39 is 0 Å². The summed E-state index contributed by atoms with van der Waals surface area (Å²) >= 11 is 0. The first-order valence-corrected chi connectivity index (χ1v) is 5.67. The molecular formula is C11H23NO2. The Morgan fingerprint density at radius 3 is 2.36 bits per heavy atom. The number of rotatable bonds is 4. The zero-order chi connectivity index (χ0) is 10.4. The van der Waals surface area contributed by atoms with Crippen molar-refractivity contribution in [1.82, 2.24) is 0 Å². The molecule has 84 valence electrons. The number of ether oxygens (including phenoxy) is 1. The summed E-state index contributed by atoms with van der Waals surface area (Å²) < 4.78 is 5.42. The summed E-state index contributed by atoms with van der Waals surface area (Å²) in [6, 6.07) is 0. The molecule has 1 unspecified atom stereocenters. The number of hydrogen-bond acceptors (Lipinski definition) is 3. The van der Waals surface area contributed by atoms with E-state index >= 15 is 0 Å². The third-order valence-corrected chi connectivity index (χ3v) is 2.85. The Morgan fingerprint density at radius 2 is 1.86 bits per heavy atom. The minimum absolute atomic E-state index is 0.134. The molecule has 0 aromatic carbocycles. The van der Waals surface area contributed by atoms with E-state index in [-0.39, 0.29) is 11.6 Å². The Hall–Kier alpha value is -0.120. The summed E-state index contributed by atoms with van der Waals surface area (Å²) in [5.74, 6) is 0. The molecule has 0 spiro atoms. The van der Waals surface area contributed by atoms with Gasteiger partial charge in [-0.15, -0.1) is 0 Å². The number of aliphatic hydroxyl groups excluding tert-OH is 1. The summed E-state index contributed by atoms with van der Waals surface area (Å²) in [6.07, 6.45) is 6.78. The maximum Gasteiger partial charge on any atom is 0.0745 e. The van der Waals surface area contributed by atoms with E-state index in [4.69, 9.17) is 15.6 Å². The molecule has 14 heavy (non-hydrogen) atoms. The summed E-state index contributed by atoms with van der Waals surface area (Å²) in [4.78, 5) is 0. The molecule has 0 heterocycles. The van der Waals surface area contributed by atoms with Crippen molar-refractivity contribution >= 4 is 0 Å². The molecule has 1 rings (SSSR count). The van der Waals surface area contributed by atoms with Crippen molar-refractivity contribution in [2.75, 3.05) is 13.2 Å². The van der Waals surface area contributed by atoms with Crippen LogP contribution in [0.2, 0.25) is 0 Å². The number of aliphatic hydroxyl groups is 1. The highest BCUT2D eigenvalue weighted by molar-refractivity contribution is 4.85. The van der Waals surface area contributed by atoms with Crippen LogP contribution >= 0.6 is 0 Å². The predicted molar refractivity (Wildman–Crippen MR) is 57.1 cm³/mol. The monoisotopic (exact) mass is 201 g/mol. The van der Waals surface area contributed by atoms with Gasteiger partial charge in [0.15, 0.2) is 0 Å². The lowest BCUT2D eigenvalue weighted by Gasteiger charge is -2.27. The first kappa shape index (κ1) is 12.0. The lowest BCUT2D eigenvalue weighted by atomic mass is 9.93. The van der Waals surface area contributed by atoms with E-state index in [1.54, 1.807) is 6.92 Å². The van der Waals surface area contributed by atoms with Crippen LogP contribution in [0, 0.1) is 0 Å². The standard InChI is InChI=1S/C11H23NO2/c1-10(13)8-14-9-11(12)6-4-2-3-5-7-11/h10,13H,2-9,12H2,1H3. The fraction of sp³-hybridized carbons (Fsp3) is 1.00.